The molecule has 3 nitrogen and oxygen atoms in total. The Morgan fingerprint density at radius 1 is 1.27 bits per heavy atom. The van der Waals surface area contributed by atoms with Crippen molar-refractivity contribution in [1.82, 2.24) is 0 Å². The van der Waals surface area contributed by atoms with Crippen molar-refractivity contribution in [3.63, 3.8) is 0 Å². The van der Waals surface area contributed by atoms with Crippen molar-refractivity contribution in [1.29, 1.82) is 0 Å². The number of esters is 1. The maximum absolute atomic E-state index is 13.5. The highest BCUT2D eigenvalue weighted by atomic mass is 79.9. The lowest BCUT2D eigenvalue weighted by Crippen LogP contribution is -1.98. The molecule has 0 N–H and O–H groups in total. The van der Waals surface area contributed by atoms with E-state index >= 15 is 0 Å². The topological polar surface area (TPSA) is 35.5 Å². The molecule has 0 aliphatic rings. The van der Waals surface area contributed by atoms with Crippen LogP contribution in [0.3, 0.4) is 0 Å². The van der Waals surface area contributed by atoms with Gasteiger partial charge in [0, 0.05) is 11.6 Å². The second-order valence-electron chi connectivity index (χ2n) is 4.43. The van der Waals surface area contributed by atoms with Crippen LogP contribution in [0.2, 0.25) is 0 Å². The van der Waals surface area contributed by atoms with Gasteiger partial charge in [0.15, 0.2) is 0 Å². The molecule has 0 saturated carbocycles. The number of hydrogen-bond acceptors (Lipinski definition) is 3. The third-order valence-electron chi connectivity index (χ3n) is 2.91. The summed E-state index contributed by atoms with van der Waals surface area (Å²) in [5.41, 5.74) is 1.31. The second-order valence-corrected chi connectivity index (χ2v) is 5.28. The molecule has 2 rings (SSSR count). The van der Waals surface area contributed by atoms with Crippen LogP contribution >= 0.6 is 15.9 Å². The van der Waals surface area contributed by atoms with E-state index in [0.717, 1.165) is 10.0 Å². The zero-order valence-corrected chi connectivity index (χ0v) is 13.5. The summed E-state index contributed by atoms with van der Waals surface area (Å²) in [4.78, 5) is 11.0. The number of methoxy groups -OCH3 is 1. The molecule has 0 heterocycles. The van der Waals surface area contributed by atoms with Crippen LogP contribution in [0, 0.1) is 5.82 Å². The fraction of sp³-hybridized carbons (Fsp3) is 0.118. The molecule has 0 atom stereocenters. The molecule has 0 aliphatic heterocycles. The SMILES string of the molecule is COC(=O)/C=C/c1ccc(OCc2ccccc2F)c(Br)c1. The molecule has 0 unspecified atom stereocenters. The maximum atomic E-state index is 13.5. The van der Waals surface area contributed by atoms with E-state index < -0.39 is 5.97 Å². The highest BCUT2D eigenvalue weighted by Gasteiger charge is 2.05. The monoisotopic (exact) mass is 364 g/mol. The van der Waals surface area contributed by atoms with Crippen molar-refractivity contribution in [3.8, 4) is 5.75 Å². The van der Waals surface area contributed by atoms with Crippen LogP contribution in [0.4, 0.5) is 4.39 Å². The predicted octanol–water partition coefficient (Wildman–Crippen LogP) is 4.35. The summed E-state index contributed by atoms with van der Waals surface area (Å²) in [6, 6.07) is 11.8. The fourth-order valence-corrected chi connectivity index (χ4v) is 2.25. The van der Waals surface area contributed by atoms with Crippen LogP contribution < -0.4 is 4.74 Å². The lowest BCUT2D eigenvalue weighted by Gasteiger charge is -2.09. The van der Waals surface area contributed by atoms with Crippen LogP contribution in [0.5, 0.6) is 5.75 Å². The maximum Gasteiger partial charge on any atom is 0.330 e. The molecule has 0 spiro atoms. The smallest absolute Gasteiger partial charge is 0.330 e. The number of hydrogen-bond donors (Lipinski definition) is 0. The molecule has 2 aromatic rings. The fourth-order valence-electron chi connectivity index (χ4n) is 1.74. The summed E-state index contributed by atoms with van der Waals surface area (Å²) in [5, 5.41) is 0. The number of carbonyl (C=O) groups excluding carboxylic acids is 1. The van der Waals surface area contributed by atoms with Gasteiger partial charge in [0.2, 0.25) is 0 Å². The van der Waals surface area contributed by atoms with Gasteiger partial charge in [-0.15, -0.1) is 0 Å². The van der Waals surface area contributed by atoms with Gasteiger partial charge < -0.3 is 9.47 Å². The summed E-state index contributed by atoms with van der Waals surface area (Å²) in [6.45, 7) is 0.141. The van der Waals surface area contributed by atoms with Crippen molar-refractivity contribution in [3.05, 3.63) is 70.0 Å². The Bertz CT molecular complexity index is 698. The van der Waals surface area contributed by atoms with E-state index in [1.54, 1.807) is 42.5 Å². The van der Waals surface area contributed by atoms with E-state index in [1.165, 1.54) is 19.3 Å². The molecule has 0 radical (unpaired) electrons. The third-order valence-corrected chi connectivity index (χ3v) is 3.53. The van der Waals surface area contributed by atoms with Gasteiger partial charge in [0.25, 0.3) is 0 Å². The predicted molar refractivity (Wildman–Crippen MR) is 85.9 cm³/mol. The van der Waals surface area contributed by atoms with Crippen molar-refractivity contribution >= 4 is 28.0 Å². The Balaban J connectivity index is 2.05. The third kappa shape index (κ3) is 4.43. The van der Waals surface area contributed by atoms with E-state index in [2.05, 4.69) is 20.7 Å². The average molecular weight is 365 g/mol. The summed E-state index contributed by atoms with van der Waals surface area (Å²) in [6.07, 6.45) is 2.97. The first-order valence-electron chi connectivity index (χ1n) is 6.52. The molecule has 0 saturated heterocycles. The van der Waals surface area contributed by atoms with Gasteiger partial charge in [0.1, 0.15) is 18.2 Å². The summed E-state index contributed by atoms with van der Waals surface area (Å²) in [7, 11) is 1.32. The summed E-state index contributed by atoms with van der Waals surface area (Å²) >= 11 is 3.39. The molecule has 22 heavy (non-hydrogen) atoms. The largest absolute Gasteiger partial charge is 0.488 e. The van der Waals surface area contributed by atoms with Crippen LogP contribution in [0.1, 0.15) is 11.1 Å². The molecule has 114 valence electrons. The molecule has 0 amide bonds. The molecule has 0 bridgehead atoms. The lowest BCUT2D eigenvalue weighted by molar-refractivity contribution is -0.134. The lowest BCUT2D eigenvalue weighted by atomic mass is 10.2. The van der Waals surface area contributed by atoms with Crippen molar-refractivity contribution in [2.24, 2.45) is 0 Å². The first-order valence-corrected chi connectivity index (χ1v) is 7.31. The summed E-state index contributed by atoms with van der Waals surface area (Å²) < 4.78 is 24.4. The highest BCUT2D eigenvalue weighted by molar-refractivity contribution is 9.10. The first-order chi connectivity index (χ1) is 10.6. The molecular weight excluding hydrogens is 351 g/mol. The van der Waals surface area contributed by atoms with Crippen LogP contribution in [0.25, 0.3) is 6.08 Å². The number of rotatable bonds is 5. The van der Waals surface area contributed by atoms with E-state index in [9.17, 15) is 9.18 Å². The Kier molecular flexibility index (Phi) is 5.72. The van der Waals surface area contributed by atoms with Gasteiger partial charge in [-0.2, -0.15) is 0 Å². The Hall–Kier alpha value is -2.14. The average Bonchev–Trinajstić information content (AvgIpc) is 2.53. The Morgan fingerprint density at radius 2 is 2.05 bits per heavy atom. The minimum absolute atomic E-state index is 0.141. The van der Waals surface area contributed by atoms with Gasteiger partial charge in [-0.3, -0.25) is 0 Å². The molecule has 5 heteroatoms. The number of halogens is 2. The van der Waals surface area contributed by atoms with Gasteiger partial charge in [-0.05, 0) is 45.8 Å². The van der Waals surface area contributed by atoms with Crippen LogP contribution in [-0.4, -0.2) is 13.1 Å². The van der Waals surface area contributed by atoms with Gasteiger partial charge in [-0.1, -0.05) is 24.3 Å². The molecule has 0 aliphatic carbocycles. The Morgan fingerprint density at radius 3 is 2.73 bits per heavy atom. The standard InChI is InChI=1S/C17H14BrFO3/c1-21-17(20)9-7-12-6-8-16(14(18)10-12)22-11-13-4-2-3-5-15(13)19/h2-10H,11H2,1H3/b9-7+. The number of carbonyl (C=O) groups is 1. The highest BCUT2D eigenvalue weighted by Crippen LogP contribution is 2.27. The number of benzene rings is 2. The van der Waals surface area contributed by atoms with Crippen molar-refractivity contribution in [2.75, 3.05) is 7.11 Å². The normalized spacial score (nSPS) is 10.7. The number of ether oxygens (including phenoxy) is 2. The quantitative estimate of drug-likeness (QED) is 0.584. The molecule has 0 aromatic heterocycles. The zero-order valence-electron chi connectivity index (χ0n) is 11.9. The van der Waals surface area contributed by atoms with E-state index in [-0.39, 0.29) is 12.4 Å². The van der Waals surface area contributed by atoms with Gasteiger partial charge >= 0.3 is 5.97 Å². The van der Waals surface area contributed by atoms with Gasteiger partial charge in [0.05, 0.1) is 11.6 Å². The molecule has 0 fully saturated rings. The van der Waals surface area contributed by atoms with E-state index in [4.69, 9.17) is 4.74 Å². The van der Waals surface area contributed by atoms with Crippen molar-refractivity contribution in [2.45, 2.75) is 6.61 Å². The van der Waals surface area contributed by atoms with Gasteiger partial charge in [-0.25, -0.2) is 9.18 Å². The molecular formula is C17H14BrFO3. The van der Waals surface area contributed by atoms with Crippen LogP contribution in [-0.2, 0) is 16.1 Å². The first kappa shape index (κ1) is 16.2. The zero-order chi connectivity index (χ0) is 15.9. The van der Waals surface area contributed by atoms with E-state index in [1.807, 2.05) is 0 Å². The van der Waals surface area contributed by atoms with E-state index in [0.29, 0.717) is 11.3 Å². The minimum Gasteiger partial charge on any atom is -0.488 e. The summed E-state index contributed by atoms with van der Waals surface area (Å²) in [5.74, 6) is -0.120. The molecule has 2 aromatic carbocycles. The van der Waals surface area contributed by atoms with Crippen molar-refractivity contribution < 1.29 is 18.7 Å². The van der Waals surface area contributed by atoms with Crippen LogP contribution in [0.15, 0.2) is 53.0 Å². The Labute approximate surface area is 136 Å². The second kappa shape index (κ2) is 7.75. The minimum atomic E-state index is -0.420.